The molecule has 0 N–H and O–H groups in total. The third kappa shape index (κ3) is 2.70. The van der Waals surface area contributed by atoms with Crippen LogP contribution in [0.5, 0.6) is 5.75 Å². The van der Waals surface area contributed by atoms with Gasteiger partial charge in [0.2, 0.25) is 5.91 Å². The van der Waals surface area contributed by atoms with Crippen molar-refractivity contribution in [3.63, 3.8) is 0 Å². The van der Waals surface area contributed by atoms with Crippen LogP contribution in [0.15, 0.2) is 18.2 Å². The number of benzene rings is 1. The van der Waals surface area contributed by atoms with E-state index in [2.05, 4.69) is 15.9 Å². The van der Waals surface area contributed by atoms with Crippen molar-refractivity contribution in [2.45, 2.75) is 17.7 Å². The number of piperidine rings is 1. The zero-order valence-corrected chi connectivity index (χ0v) is 11.9. The average Bonchev–Trinajstić information content (AvgIpc) is 2.41. The molecule has 0 saturated carbocycles. The van der Waals surface area contributed by atoms with E-state index in [9.17, 15) is 14.9 Å². The van der Waals surface area contributed by atoms with Crippen LogP contribution in [-0.2, 0) is 4.79 Å². The lowest BCUT2D eigenvalue weighted by atomic mass is 10.1. The van der Waals surface area contributed by atoms with Gasteiger partial charge >= 0.3 is 5.69 Å². The van der Waals surface area contributed by atoms with Crippen molar-refractivity contribution in [2.75, 3.05) is 18.6 Å². The van der Waals surface area contributed by atoms with E-state index in [4.69, 9.17) is 4.74 Å². The van der Waals surface area contributed by atoms with Crippen LogP contribution in [0, 0.1) is 10.1 Å². The predicted molar refractivity (Wildman–Crippen MR) is 74.0 cm³/mol. The Hall–Kier alpha value is -1.63. The van der Waals surface area contributed by atoms with Crippen molar-refractivity contribution in [3.05, 3.63) is 28.3 Å². The van der Waals surface area contributed by atoms with Crippen LogP contribution in [0.3, 0.4) is 0 Å². The predicted octanol–water partition coefficient (Wildman–Crippen LogP) is 2.49. The Morgan fingerprint density at radius 2 is 2.26 bits per heavy atom. The lowest BCUT2D eigenvalue weighted by molar-refractivity contribution is -0.385. The molecule has 2 rings (SSSR count). The number of hydrogen-bond donors (Lipinski definition) is 0. The number of anilines is 1. The molecular formula is C12H13BrN2O4. The van der Waals surface area contributed by atoms with E-state index in [1.54, 1.807) is 11.0 Å². The molecule has 1 aromatic carbocycles. The molecule has 0 aliphatic carbocycles. The van der Waals surface area contributed by atoms with Crippen molar-refractivity contribution >= 4 is 33.2 Å². The van der Waals surface area contributed by atoms with Gasteiger partial charge in [-0.1, -0.05) is 15.9 Å². The van der Waals surface area contributed by atoms with E-state index in [0.29, 0.717) is 12.2 Å². The normalized spacial score (nSPS) is 19.4. The minimum atomic E-state index is -0.512. The smallest absolute Gasteiger partial charge is 0.312 e. The second kappa shape index (κ2) is 5.56. The average molecular weight is 329 g/mol. The molecule has 1 aromatic rings. The van der Waals surface area contributed by atoms with Crippen LogP contribution in [0.25, 0.3) is 0 Å². The van der Waals surface area contributed by atoms with Crippen LogP contribution >= 0.6 is 15.9 Å². The summed E-state index contributed by atoms with van der Waals surface area (Å²) in [7, 11) is 1.38. The molecule has 1 heterocycles. The van der Waals surface area contributed by atoms with Gasteiger partial charge in [-0.25, -0.2) is 0 Å². The van der Waals surface area contributed by atoms with Gasteiger partial charge in [-0.05, 0) is 25.0 Å². The fraction of sp³-hybridized carbons (Fsp3) is 0.417. The molecule has 0 spiro atoms. The molecule has 1 fully saturated rings. The Bertz CT molecular complexity index is 520. The summed E-state index contributed by atoms with van der Waals surface area (Å²) in [6.45, 7) is 0.574. The fourth-order valence-electron chi connectivity index (χ4n) is 2.08. The summed E-state index contributed by atoms with van der Waals surface area (Å²) in [6, 6.07) is 4.55. The number of amides is 1. The van der Waals surface area contributed by atoms with Gasteiger partial charge in [0.15, 0.2) is 5.75 Å². The molecule has 1 aliphatic rings. The number of methoxy groups -OCH3 is 1. The number of nitro benzene ring substituents is 1. The van der Waals surface area contributed by atoms with Crippen LogP contribution in [0.4, 0.5) is 11.4 Å². The second-order valence-electron chi connectivity index (χ2n) is 4.21. The lowest BCUT2D eigenvalue weighted by Crippen LogP contribution is -2.41. The van der Waals surface area contributed by atoms with Crippen LogP contribution in [-0.4, -0.2) is 29.3 Å². The van der Waals surface area contributed by atoms with Gasteiger partial charge < -0.3 is 9.64 Å². The van der Waals surface area contributed by atoms with E-state index in [1.165, 1.54) is 19.2 Å². The van der Waals surface area contributed by atoms with E-state index in [-0.39, 0.29) is 22.2 Å². The molecule has 1 aliphatic heterocycles. The Labute approximate surface area is 118 Å². The molecule has 7 heteroatoms. The highest BCUT2D eigenvalue weighted by atomic mass is 79.9. The lowest BCUT2D eigenvalue weighted by Gasteiger charge is -2.29. The first-order valence-electron chi connectivity index (χ1n) is 5.82. The molecule has 6 nitrogen and oxygen atoms in total. The number of ether oxygens (including phenoxy) is 1. The highest BCUT2D eigenvalue weighted by Crippen LogP contribution is 2.33. The summed E-state index contributed by atoms with van der Waals surface area (Å²) in [4.78, 5) is 23.8. The Morgan fingerprint density at radius 3 is 2.89 bits per heavy atom. The van der Waals surface area contributed by atoms with Gasteiger partial charge in [0.1, 0.15) is 0 Å². The number of carbonyl (C=O) groups excluding carboxylic acids is 1. The number of halogens is 1. The van der Waals surface area contributed by atoms with Crippen LogP contribution < -0.4 is 9.64 Å². The minimum absolute atomic E-state index is 0.0642. The maximum absolute atomic E-state index is 12.0. The Kier molecular flexibility index (Phi) is 4.04. The first kappa shape index (κ1) is 13.8. The van der Waals surface area contributed by atoms with Crippen molar-refractivity contribution in [3.8, 4) is 5.75 Å². The van der Waals surface area contributed by atoms with Crippen LogP contribution in [0.2, 0.25) is 0 Å². The van der Waals surface area contributed by atoms with Gasteiger partial charge in [-0.15, -0.1) is 0 Å². The molecule has 19 heavy (non-hydrogen) atoms. The van der Waals surface area contributed by atoms with Crippen molar-refractivity contribution in [1.29, 1.82) is 0 Å². The van der Waals surface area contributed by atoms with Crippen LogP contribution in [0.1, 0.15) is 12.8 Å². The summed E-state index contributed by atoms with van der Waals surface area (Å²) in [5.74, 6) is 0.124. The van der Waals surface area contributed by atoms with E-state index < -0.39 is 4.92 Å². The first-order valence-corrected chi connectivity index (χ1v) is 6.74. The quantitative estimate of drug-likeness (QED) is 0.485. The number of rotatable bonds is 3. The molecule has 1 atom stereocenters. The zero-order valence-electron chi connectivity index (χ0n) is 10.3. The Morgan fingerprint density at radius 1 is 1.53 bits per heavy atom. The van der Waals surface area contributed by atoms with Gasteiger partial charge in [-0.3, -0.25) is 14.9 Å². The topological polar surface area (TPSA) is 72.7 Å². The summed E-state index contributed by atoms with van der Waals surface area (Å²) in [5, 5.41) is 11.0. The molecule has 1 saturated heterocycles. The SMILES string of the molecule is COc1ccc(N2CCCC(Br)C2=O)cc1[N+](=O)[O-]. The minimum Gasteiger partial charge on any atom is -0.490 e. The monoisotopic (exact) mass is 328 g/mol. The highest BCUT2D eigenvalue weighted by molar-refractivity contribution is 9.10. The molecule has 1 amide bonds. The zero-order chi connectivity index (χ0) is 14.0. The van der Waals surface area contributed by atoms with E-state index in [0.717, 1.165) is 12.8 Å². The number of carbonyl (C=O) groups is 1. The van der Waals surface area contributed by atoms with Gasteiger partial charge in [0.05, 0.1) is 22.5 Å². The maximum Gasteiger partial charge on any atom is 0.312 e. The molecular weight excluding hydrogens is 316 g/mol. The number of alkyl halides is 1. The molecule has 1 unspecified atom stereocenters. The molecule has 0 aromatic heterocycles. The van der Waals surface area contributed by atoms with Crippen molar-refractivity contribution in [2.24, 2.45) is 0 Å². The van der Waals surface area contributed by atoms with Crippen molar-refractivity contribution in [1.82, 2.24) is 0 Å². The van der Waals surface area contributed by atoms with Gasteiger partial charge in [-0.2, -0.15) is 0 Å². The van der Waals surface area contributed by atoms with Gasteiger partial charge in [0.25, 0.3) is 0 Å². The molecule has 102 valence electrons. The van der Waals surface area contributed by atoms with Crippen molar-refractivity contribution < 1.29 is 14.5 Å². The van der Waals surface area contributed by atoms with Gasteiger partial charge in [0, 0.05) is 12.6 Å². The summed E-state index contributed by atoms with van der Waals surface area (Å²) in [5.41, 5.74) is 0.395. The third-order valence-corrected chi connectivity index (χ3v) is 3.89. The third-order valence-electron chi connectivity index (χ3n) is 3.04. The Balaban J connectivity index is 2.37. The number of nitrogens with zero attached hydrogens (tertiary/aromatic N) is 2. The standard InChI is InChI=1S/C12H13BrN2O4/c1-19-11-5-4-8(7-10(11)15(17)18)14-6-2-3-9(13)12(14)16/h4-5,7,9H,2-3,6H2,1H3. The highest BCUT2D eigenvalue weighted by Gasteiger charge is 2.29. The number of hydrogen-bond acceptors (Lipinski definition) is 4. The first-order chi connectivity index (χ1) is 9.04. The van der Waals surface area contributed by atoms with E-state index in [1.807, 2.05) is 0 Å². The summed E-state index contributed by atoms with van der Waals surface area (Å²) in [6.07, 6.45) is 1.65. The van der Waals surface area contributed by atoms with E-state index >= 15 is 0 Å². The molecule has 0 radical (unpaired) electrons. The summed E-state index contributed by atoms with van der Waals surface area (Å²) >= 11 is 3.32. The largest absolute Gasteiger partial charge is 0.490 e. The summed E-state index contributed by atoms with van der Waals surface area (Å²) < 4.78 is 4.94. The number of nitro groups is 1. The maximum atomic E-state index is 12.0. The molecule has 0 bridgehead atoms. The fourth-order valence-corrected chi connectivity index (χ4v) is 2.65. The second-order valence-corrected chi connectivity index (χ2v) is 5.32.